The van der Waals surface area contributed by atoms with E-state index < -0.39 is 0 Å². The fourth-order valence-corrected chi connectivity index (χ4v) is 2.98. The Morgan fingerprint density at radius 1 is 0.909 bits per heavy atom. The highest BCUT2D eigenvalue weighted by molar-refractivity contribution is 5.38. The van der Waals surface area contributed by atoms with E-state index in [4.69, 9.17) is 0 Å². The second-order valence-electron chi connectivity index (χ2n) is 5.83. The number of imidazole rings is 1. The maximum Gasteiger partial charge on any atom is 0.0959 e. The fraction of sp³-hybridized carbons (Fsp3) is 0.250. The Morgan fingerprint density at radius 3 is 1.95 bits per heavy atom. The summed E-state index contributed by atoms with van der Waals surface area (Å²) in [7, 11) is 0. The van der Waals surface area contributed by atoms with Crippen LogP contribution in [0.15, 0.2) is 73.2 Å². The van der Waals surface area contributed by atoms with Crippen LogP contribution in [0.4, 0.5) is 0 Å². The van der Waals surface area contributed by atoms with Gasteiger partial charge in [0, 0.05) is 6.20 Å². The van der Waals surface area contributed by atoms with Gasteiger partial charge in [-0.2, -0.15) is 0 Å². The Bertz CT molecular complexity index is 674. The van der Waals surface area contributed by atoms with Crippen LogP contribution in [-0.2, 0) is 12.0 Å². The highest BCUT2D eigenvalue weighted by Gasteiger charge is 2.30. The Morgan fingerprint density at radius 2 is 1.45 bits per heavy atom. The number of aryl methyl sites for hydroxylation is 1. The molecule has 2 nitrogen and oxygen atoms in total. The first-order valence-corrected chi connectivity index (χ1v) is 7.89. The first-order chi connectivity index (χ1) is 10.7. The van der Waals surface area contributed by atoms with E-state index in [1.165, 1.54) is 11.1 Å². The second kappa shape index (κ2) is 6.18. The van der Waals surface area contributed by atoms with Gasteiger partial charge < -0.3 is 4.57 Å². The topological polar surface area (TPSA) is 17.8 Å². The molecule has 0 aliphatic rings. The van der Waals surface area contributed by atoms with Crippen molar-refractivity contribution >= 4 is 0 Å². The van der Waals surface area contributed by atoms with Crippen LogP contribution in [0, 0.1) is 0 Å². The highest BCUT2D eigenvalue weighted by Crippen LogP contribution is 2.33. The lowest BCUT2D eigenvalue weighted by Gasteiger charge is -2.32. The number of aromatic nitrogens is 2. The summed E-state index contributed by atoms with van der Waals surface area (Å²) in [6.45, 7) is 4.45. The van der Waals surface area contributed by atoms with E-state index in [2.05, 4.69) is 90.3 Å². The molecule has 2 heteroatoms. The first-order valence-electron chi connectivity index (χ1n) is 7.89. The maximum atomic E-state index is 4.59. The van der Waals surface area contributed by atoms with E-state index >= 15 is 0 Å². The summed E-state index contributed by atoms with van der Waals surface area (Å²) in [5.41, 5.74) is 3.44. The molecule has 0 N–H and O–H groups in total. The summed E-state index contributed by atoms with van der Waals surface area (Å²) < 4.78 is 2.24. The summed E-state index contributed by atoms with van der Waals surface area (Å²) >= 11 is 0. The molecule has 3 aromatic rings. The van der Waals surface area contributed by atoms with Crippen LogP contribution < -0.4 is 0 Å². The molecule has 0 saturated carbocycles. The van der Waals surface area contributed by atoms with Gasteiger partial charge >= 0.3 is 0 Å². The van der Waals surface area contributed by atoms with Crippen molar-refractivity contribution in [2.75, 3.05) is 0 Å². The van der Waals surface area contributed by atoms with E-state index in [1.807, 2.05) is 6.33 Å². The van der Waals surface area contributed by atoms with E-state index in [1.54, 1.807) is 0 Å². The number of hydrogen-bond acceptors (Lipinski definition) is 1. The Labute approximate surface area is 132 Å². The van der Waals surface area contributed by atoms with Gasteiger partial charge in [0.2, 0.25) is 0 Å². The number of hydrogen-bond donors (Lipinski definition) is 0. The van der Waals surface area contributed by atoms with Crippen molar-refractivity contribution in [1.82, 2.24) is 9.55 Å². The zero-order valence-corrected chi connectivity index (χ0v) is 13.2. The van der Waals surface area contributed by atoms with Crippen LogP contribution in [0.3, 0.4) is 0 Å². The molecule has 0 atom stereocenters. The summed E-state index contributed by atoms with van der Waals surface area (Å²) in [4.78, 5) is 4.59. The zero-order valence-electron chi connectivity index (χ0n) is 13.2. The largest absolute Gasteiger partial charge is 0.323 e. The van der Waals surface area contributed by atoms with Gasteiger partial charge in [-0.05, 0) is 24.5 Å². The van der Waals surface area contributed by atoms with Gasteiger partial charge in [0.25, 0.3) is 0 Å². The fourth-order valence-electron chi connectivity index (χ4n) is 2.98. The molecule has 112 valence electrons. The zero-order chi connectivity index (χ0) is 15.4. The average Bonchev–Trinajstić information content (AvgIpc) is 3.05. The van der Waals surface area contributed by atoms with Crippen molar-refractivity contribution in [2.24, 2.45) is 0 Å². The third kappa shape index (κ3) is 2.57. The number of nitrogens with zero attached hydrogens (tertiary/aromatic N) is 2. The minimum Gasteiger partial charge on any atom is -0.323 e. The van der Waals surface area contributed by atoms with Crippen LogP contribution in [0.5, 0.6) is 0 Å². The summed E-state index contributed by atoms with van der Waals surface area (Å²) in [5, 5.41) is 0. The smallest absolute Gasteiger partial charge is 0.0959 e. The summed E-state index contributed by atoms with van der Waals surface area (Å²) in [6.07, 6.45) is 6.28. The van der Waals surface area contributed by atoms with Crippen LogP contribution in [-0.4, -0.2) is 9.55 Å². The monoisotopic (exact) mass is 290 g/mol. The summed E-state index contributed by atoms with van der Waals surface area (Å²) in [6, 6.07) is 21.3. The molecule has 0 bridgehead atoms. The molecule has 0 amide bonds. The van der Waals surface area contributed by atoms with Gasteiger partial charge in [0.05, 0.1) is 17.6 Å². The van der Waals surface area contributed by atoms with Crippen LogP contribution >= 0.6 is 0 Å². The van der Waals surface area contributed by atoms with Crippen LogP contribution in [0.2, 0.25) is 0 Å². The Kier molecular flexibility index (Phi) is 4.10. The predicted molar refractivity (Wildman–Crippen MR) is 91.0 cm³/mol. The first kappa shape index (κ1) is 14.6. The second-order valence-corrected chi connectivity index (χ2v) is 5.83. The molecule has 0 spiro atoms. The molecule has 0 radical (unpaired) electrons. The quantitative estimate of drug-likeness (QED) is 0.669. The lowest BCUT2D eigenvalue weighted by Crippen LogP contribution is -2.31. The van der Waals surface area contributed by atoms with E-state index in [9.17, 15) is 0 Å². The van der Waals surface area contributed by atoms with Crippen molar-refractivity contribution in [1.29, 1.82) is 0 Å². The van der Waals surface area contributed by atoms with Gasteiger partial charge in [0.15, 0.2) is 0 Å². The third-order valence-electron chi connectivity index (χ3n) is 4.33. The maximum absolute atomic E-state index is 4.59. The predicted octanol–water partition coefficient (Wildman–Crippen LogP) is 4.65. The summed E-state index contributed by atoms with van der Waals surface area (Å²) in [5.74, 6) is 0. The van der Waals surface area contributed by atoms with E-state index in [0.29, 0.717) is 0 Å². The van der Waals surface area contributed by atoms with Crippen molar-refractivity contribution in [3.05, 3.63) is 90.0 Å². The molecule has 3 rings (SSSR count). The number of benzene rings is 2. The Hall–Kier alpha value is -2.35. The molecule has 0 aliphatic carbocycles. The average molecular weight is 290 g/mol. The van der Waals surface area contributed by atoms with Crippen molar-refractivity contribution in [3.63, 3.8) is 0 Å². The van der Waals surface area contributed by atoms with E-state index in [-0.39, 0.29) is 5.54 Å². The van der Waals surface area contributed by atoms with Crippen LogP contribution in [0.1, 0.15) is 37.1 Å². The molecule has 0 saturated heterocycles. The van der Waals surface area contributed by atoms with Crippen molar-refractivity contribution in [3.8, 4) is 0 Å². The SMILES string of the molecule is CCCc1cn(C(C)(c2ccccc2)c2ccccc2)cn1. The standard InChI is InChI=1S/C20H22N2/c1-3-10-19-15-22(16-21-19)20(2,17-11-6-4-7-12-17)18-13-8-5-9-14-18/h4-9,11-16H,3,10H2,1-2H3. The minimum atomic E-state index is -0.249. The van der Waals surface area contributed by atoms with Crippen molar-refractivity contribution < 1.29 is 0 Å². The third-order valence-corrected chi connectivity index (χ3v) is 4.33. The molecule has 22 heavy (non-hydrogen) atoms. The Balaban J connectivity index is 2.14. The molecule has 1 heterocycles. The highest BCUT2D eigenvalue weighted by atomic mass is 15.1. The minimum absolute atomic E-state index is 0.249. The van der Waals surface area contributed by atoms with Crippen LogP contribution in [0.25, 0.3) is 0 Å². The molecule has 0 aliphatic heterocycles. The van der Waals surface area contributed by atoms with Gasteiger partial charge in [0.1, 0.15) is 0 Å². The van der Waals surface area contributed by atoms with Crippen molar-refractivity contribution in [2.45, 2.75) is 32.2 Å². The normalized spacial score (nSPS) is 11.5. The van der Waals surface area contributed by atoms with Gasteiger partial charge in [-0.25, -0.2) is 4.98 Å². The van der Waals surface area contributed by atoms with Gasteiger partial charge in [-0.15, -0.1) is 0 Å². The van der Waals surface area contributed by atoms with Gasteiger partial charge in [-0.1, -0.05) is 74.0 Å². The molecule has 1 aromatic heterocycles. The lowest BCUT2D eigenvalue weighted by atomic mass is 9.84. The molecule has 0 fully saturated rings. The molecule has 2 aromatic carbocycles. The number of rotatable bonds is 5. The van der Waals surface area contributed by atoms with Gasteiger partial charge in [-0.3, -0.25) is 0 Å². The molecule has 0 unspecified atom stereocenters. The lowest BCUT2D eigenvalue weighted by molar-refractivity contribution is 0.474. The van der Waals surface area contributed by atoms with E-state index in [0.717, 1.165) is 18.5 Å². The molecular weight excluding hydrogens is 268 g/mol. The molecular formula is C20H22N2.